The Kier molecular flexibility index (Phi) is 4.24. The van der Waals surface area contributed by atoms with Gasteiger partial charge in [-0.05, 0) is 26.0 Å². The molecule has 1 aromatic carbocycles. The van der Waals surface area contributed by atoms with Crippen LogP contribution >= 0.6 is 11.8 Å². The minimum atomic E-state index is -0.338. The molecular weight excluding hydrogens is 316 g/mol. The average Bonchev–Trinajstić information content (AvgIpc) is 3.11. The maximum atomic E-state index is 12.2. The van der Waals surface area contributed by atoms with Crippen molar-refractivity contribution in [2.45, 2.75) is 24.3 Å². The lowest BCUT2D eigenvalue weighted by atomic mass is 10.3. The number of thioether (sulfide) groups is 1. The first-order valence-corrected chi connectivity index (χ1v) is 7.87. The molecule has 0 aliphatic carbocycles. The molecule has 0 saturated carbocycles. The van der Waals surface area contributed by atoms with Crippen LogP contribution in [0.15, 0.2) is 33.9 Å². The Hall–Kier alpha value is -2.48. The topological polar surface area (TPSA) is 93.0 Å². The van der Waals surface area contributed by atoms with Crippen molar-refractivity contribution >= 4 is 34.5 Å². The van der Waals surface area contributed by atoms with Crippen LogP contribution in [-0.2, 0) is 4.79 Å². The largest absolute Gasteiger partial charge is 0.497 e. The minimum Gasteiger partial charge on any atom is -0.497 e. The number of H-pyrrole nitrogens is 1. The molecule has 0 fully saturated rings. The van der Waals surface area contributed by atoms with Crippen molar-refractivity contribution in [1.82, 2.24) is 15.1 Å². The molecule has 0 bridgehead atoms. The van der Waals surface area contributed by atoms with Crippen molar-refractivity contribution in [1.29, 1.82) is 0 Å². The molecule has 0 saturated heterocycles. The quantitative estimate of drug-likeness (QED) is 0.698. The van der Waals surface area contributed by atoms with E-state index >= 15 is 0 Å². The molecule has 3 rings (SSSR count). The summed E-state index contributed by atoms with van der Waals surface area (Å²) in [5.74, 6) is 1.65. The van der Waals surface area contributed by atoms with Crippen molar-refractivity contribution in [2.24, 2.45) is 0 Å². The number of carbonyl (C=O) groups is 1. The number of carbonyl (C=O) groups excluding carboxylic acids is 1. The molecule has 0 aliphatic rings. The highest BCUT2D eigenvalue weighted by atomic mass is 32.2. The number of hydrogen-bond donors (Lipinski definition) is 2. The highest BCUT2D eigenvalue weighted by molar-refractivity contribution is 8.00. The number of imidazole rings is 1. The summed E-state index contributed by atoms with van der Waals surface area (Å²) >= 11 is 1.34. The number of nitrogens with zero attached hydrogens (tertiary/aromatic N) is 2. The van der Waals surface area contributed by atoms with Gasteiger partial charge < -0.3 is 19.6 Å². The smallest absolute Gasteiger partial charge is 0.238 e. The van der Waals surface area contributed by atoms with E-state index in [1.54, 1.807) is 27.0 Å². The van der Waals surface area contributed by atoms with E-state index in [4.69, 9.17) is 9.26 Å². The Morgan fingerprint density at radius 1 is 1.43 bits per heavy atom. The van der Waals surface area contributed by atoms with E-state index in [1.807, 2.05) is 18.2 Å². The second-order valence-electron chi connectivity index (χ2n) is 5.00. The Morgan fingerprint density at radius 2 is 2.26 bits per heavy atom. The number of benzene rings is 1. The van der Waals surface area contributed by atoms with Crippen LogP contribution in [-0.4, -0.2) is 33.4 Å². The lowest BCUT2D eigenvalue weighted by Gasteiger charge is -2.07. The zero-order valence-corrected chi connectivity index (χ0v) is 13.7. The second kappa shape index (κ2) is 6.33. The van der Waals surface area contributed by atoms with Gasteiger partial charge in [-0.3, -0.25) is 4.79 Å². The third-order valence-electron chi connectivity index (χ3n) is 3.20. The number of fused-ring (bicyclic) bond motifs is 1. The van der Waals surface area contributed by atoms with Crippen molar-refractivity contribution in [2.75, 3.05) is 12.4 Å². The van der Waals surface area contributed by atoms with E-state index in [0.717, 1.165) is 16.8 Å². The summed E-state index contributed by atoms with van der Waals surface area (Å²) in [6, 6.07) is 7.26. The van der Waals surface area contributed by atoms with Gasteiger partial charge in [-0.2, -0.15) is 0 Å². The van der Waals surface area contributed by atoms with Crippen LogP contribution in [0.5, 0.6) is 5.75 Å². The highest BCUT2D eigenvalue weighted by Gasteiger charge is 2.18. The van der Waals surface area contributed by atoms with Crippen molar-refractivity contribution < 1.29 is 14.1 Å². The van der Waals surface area contributed by atoms with Gasteiger partial charge >= 0.3 is 0 Å². The third kappa shape index (κ3) is 3.48. The average molecular weight is 332 g/mol. The molecule has 3 aromatic rings. The zero-order chi connectivity index (χ0) is 16.4. The molecule has 7 nitrogen and oxygen atoms in total. The zero-order valence-electron chi connectivity index (χ0n) is 12.9. The summed E-state index contributed by atoms with van der Waals surface area (Å²) in [6.07, 6.45) is 0. The predicted molar refractivity (Wildman–Crippen MR) is 87.8 cm³/mol. The molecular formula is C15H16N4O3S. The molecule has 1 atom stereocenters. The molecule has 2 N–H and O–H groups in total. The summed E-state index contributed by atoms with van der Waals surface area (Å²) in [4.78, 5) is 19.8. The normalized spacial score (nSPS) is 12.3. The molecule has 120 valence electrons. The van der Waals surface area contributed by atoms with Crippen LogP contribution in [0.25, 0.3) is 11.0 Å². The van der Waals surface area contributed by atoms with Crippen LogP contribution in [0, 0.1) is 6.92 Å². The van der Waals surface area contributed by atoms with Crippen molar-refractivity contribution in [3.63, 3.8) is 0 Å². The van der Waals surface area contributed by atoms with Crippen molar-refractivity contribution in [3.05, 3.63) is 30.0 Å². The van der Waals surface area contributed by atoms with Gasteiger partial charge in [-0.15, -0.1) is 0 Å². The van der Waals surface area contributed by atoms with Gasteiger partial charge in [-0.25, -0.2) is 4.98 Å². The van der Waals surface area contributed by atoms with Crippen molar-refractivity contribution in [3.8, 4) is 5.75 Å². The number of aromatic nitrogens is 3. The van der Waals surface area contributed by atoms with Gasteiger partial charge in [0.2, 0.25) is 5.91 Å². The van der Waals surface area contributed by atoms with Crippen LogP contribution in [0.4, 0.5) is 5.82 Å². The summed E-state index contributed by atoms with van der Waals surface area (Å²) in [5, 5.41) is 6.79. The van der Waals surface area contributed by atoms with Crippen LogP contribution < -0.4 is 10.1 Å². The predicted octanol–water partition coefficient (Wildman–Crippen LogP) is 2.99. The van der Waals surface area contributed by atoms with E-state index in [0.29, 0.717) is 16.7 Å². The summed E-state index contributed by atoms with van der Waals surface area (Å²) in [7, 11) is 1.62. The molecule has 8 heteroatoms. The van der Waals surface area contributed by atoms with Gasteiger partial charge in [-0.1, -0.05) is 16.9 Å². The number of methoxy groups -OCH3 is 1. The molecule has 23 heavy (non-hydrogen) atoms. The lowest BCUT2D eigenvalue weighted by Crippen LogP contribution is -2.22. The standard InChI is InChI=1S/C15H16N4O3S/c1-8-6-13(19-22-8)18-14(20)9(2)23-15-16-11-5-4-10(21-3)7-12(11)17-15/h4-7,9H,1-3H3,(H,16,17)(H,18,19,20)/t9-/m1/s1. The number of aromatic amines is 1. The monoisotopic (exact) mass is 332 g/mol. The number of hydrogen-bond acceptors (Lipinski definition) is 6. The number of ether oxygens (including phenoxy) is 1. The number of amides is 1. The number of anilines is 1. The maximum absolute atomic E-state index is 12.2. The Labute approximate surface area is 136 Å². The van der Waals surface area contributed by atoms with Gasteiger partial charge in [0.25, 0.3) is 0 Å². The van der Waals surface area contributed by atoms with Crippen LogP contribution in [0.1, 0.15) is 12.7 Å². The molecule has 0 unspecified atom stereocenters. The third-order valence-corrected chi connectivity index (χ3v) is 4.19. The van der Waals surface area contributed by atoms with E-state index in [1.165, 1.54) is 11.8 Å². The maximum Gasteiger partial charge on any atom is 0.238 e. The number of nitrogens with one attached hydrogen (secondary N) is 2. The number of aryl methyl sites for hydroxylation is 1. The first-order valence-electron chi connectivity index (χ1n) is 7.00. The molecule has 0 radical (unpaired) electrons. The summed E-state index contributed by atoms with van der Waals surface area (Å²) in [6.45, 7) is 3.57. The first kappa shape index (κ1) is 15.4. The molecule has 1 amide bonds. The van der Waals surface area contributed by atoms with Gasteiger partial charge in [0.1, 0.15) is 11.5 Å². The van der Waals surface area contributed by atoms with Gasteiger partial charge in [0.15, 0.2) is 11.0 Å². The molecule has 0 aliphatic heterocycles. The molecule has 2 aromatic heterocycles. The fourth-order valence-corrected chi connectivity index (χ4v) is 2.84. The Balaban J connectivity index is 1.69. The highest BCUT2D eigenvalue weighted by Crippen LogP contribution is 2.26. The minimum absolute atomic E-state index is 0.165. The summed E-state index contributed by atoms with van der Waals surface area (Å²) in [5.41, 5.74) is 1.69. The van der Waals surface area contributed by atoms with E-state index < -0.39 is 0 Å². The second-order valence-corrected chi connectivity index (χ2v) is 6.33. The van der Waals surface area contributed by atoms with Crippen LogP contribution in [0.2, 0.25) is 0 Å². The van der Waals surface area contributed by atoms with E-state index in [2.05, 4.69) is 20.4 Å². The fraction of sp³-hybridized carbons (Fsp3) is 0.267. The van der Waals surface area contributed by atoms with E-state index in [9.17, 15) is 4.79 Å². The Bertz CT molecular complexity index is 842. The SMILES string of the molecule is COc1ccc2nc(S[C@H](C)C(=O)Nc3cc(C)on3)[nH]c2c1. The molecule has 2 heterocycles. The Morgan fingerprint density at radius 3 is 2.96 bits per heavy atom. The van der Waals surface area contributed by atoms with Crippen LogP contribution in [0.3, 0.4) is 0 Å². The first-order chi connectivity index (χ1) is 11.0. The van der Waals surface area contributed by atoms with Gasteiger partial charge in [0.05, 0.1) is 23.4 Å². The molecule has 0 spiro atoms. The summed E-state index contributed by atoms with van der Waals surface area (Å²) < 4.78 is 10.1. The number of rotatable bonds is 5. The lowest BCUT2D eigenvalue weighted by molar-refractivity contribution is -0.115. The fourth-order valence-electron chi connectivity index (χ4n) is 2.02. The van der Waals surface area contributed by atoms with Gasteiger partial charge in [0, 0.05) is 12.1 Å². The van der Waals surface area contributed by atoms with E-state index in [-0.39, 0.29) is 11.2 Å².